The van der Waals surface area contributed by atoms with E-state index >= 15 is 0 Å². The van der Waals surface area contributed by atoms with E-state index in [0.717, 1.165) is 30.9 Å². The highest BCUT2D eigenvalue weighted by Gasteiger charge is 2.25. The van der Waals surface area contributed by atoms with Crippen molar-refractivity contribution in [3.05, 3.63) is 41.0 Å². The molecule has 5 nitrogen and oxygen atoms in total. The second-order valence-electron chi connectivity index (χ2n) is 5.03. The lowest BCUT2D eigenvalue weighted by Gasteiger charge is -2.21. The Bertz CT molecular complexity index is 669. The number of rotatable bonds is 2. The Morgan fingerprint density at radius 2 is 2.14 bits per heavy atom. The highest BCUT2D eigenvalue weighted by Crippen LogP contribution is 2.34. The summed E-state index contributed by atoms with van der Waals surface area (Å²) in [5.74, 6) is -0.173. The molecule has 2 N–H and O–H groups in total. The van der Waals surface area contributed by atoms with Crippen LogP contribution in [0.5, 0.6) is 0 Å². The van der Waals surface area contributed by atoms with Crippen LogP contribution < -0.4 is 10.6 Å². The van der Waals surface area contributed by atoms with Crippen LogP contribution >= 0.6 is 11.5 Å². The minimum atomic E-state index is -0.422. The predicted molar refractivity (Wildman–Crippen MR) is 83.7 cm³/mol. The van der Waals surface area contributed by atoms with Crippen molar-refractivity contribution < 1.29 is 9.53 Å². The molecule has 1 aromatic carbocycles. The largest absolute Gasteiger partial charge is 0.465 e. The number of fused-ring (bicyclic) bond motifs is 1. The van der Waals surface area contributed by atoms with E-state index in [-0.39, 0.29) is 5.82 Å². The summed E-state index contributed by atoms with van der Waals surface area (Å²) in [7, 11) is 1.36. The topological polar surface area (TPSA) is 68.5 Å². The molecule has 0 fully saturated rings. The van der Waals surface area contributed by atoms with E-state index in [0.29, 0.717) is 5.56 Å². The number of methoxy groups -OCH3 is 1. The van der Waals surface area contributed by atoms with E-state index in [1.807, 2.05) is 6.07 Å². The van der Waals surface area contributed by atoms with Crippen LogP contribution in [-0.2, 0) is 17.7 Å². The van der Waals surface area contributed by atoms with Gasteiger partial charge in [0.25, 0.3) is 0 Å². The van der Waals surface area contributed by atoms with Crippen molar-refractivity contribution in [2.24, 2.45) is 0 Å². The number of benzene rings is 1. The monoisotopic (exact) mass is 303 g/mol. The third-order valence-corrected chi connectivity index (χ3v) is 4.65. The fraction of sp³-hybridized carbons (Fsp3) is 0.333. The van der Waals surface area contributed by atoms with Gasteiger partial charge in [-0.25, -0.2) is 4.79 Å². The maximum Gasteiger partial charge on any atom is 0.344 e. The number of nitrogens with two attached hydrogens (primary N) is 1. The first-order chi connectivity index (χ1) is 10.2. The van der Waals surface area contributed by atoms with Gasteiger partial charge in [-0.05, 0) is 35.5 Å². The number of carbonyl (C=O) groups is 1. The van der Waals surface area contributed by atoms with Crippen LogP contribution in [0.2, 0.25) is 0 Å². The number of anilines is 2. The number of esters is 1. The lowest BCUT2D eigenvalue weighted by molar-refractivity contribution is 0.0603. The van der Waals surface area contributed by atoms with Gasteiger partial charge in [0.05, 0.1) is 7.11 Å². The zero-order valence-corrected chi connectivity index (χ0v) is 12.7. The highest BCUT2D eigenvalue weighted by molar-refractivity contribution is 7.11. The molecule has 0 saturated heterocycles. The van der Waals surface area contributed by atoms with Crippen LogP contribution in [0.1, 0.15) is 27.9 Å². The SMILES string of the molecule is COC(=O)c1c(N)nsc1N1CCCc2ccccc2C1. The van der Waals surface area contributed by atoms with Crippen molar-refractivity contribution in [2.75, 3.05) is 24.3 Å². The zero-order chi connectivity index (χ0) is 14.8. The Kier molecular flexibility index (Phi) is 3.79. The maximum absolute atomic E-state index is 11.9. The summed E-state index contributed by atoms with van der Waals surface area (Å²) in [5.41, 5.74) is 8.88. The van der Waals surface area contributed by atoms with E-state index in [2.05, 4.69) is 27.5 Å². The van der Waals surface area contributed by atoms with Crippen LogP contribution in [0.15, 0.2) is 24.3 Å². The second kappa shape index (κ2) is 5.73. The Morgan fingerprint density at radius 1 is 1.38 bits per heavy atom. The first-order valence-electron chi connectivity index (χ1n) is 6.86. The minimum absolute atomic E-state index is 0.249. The first-order valence-corrected chi connectivity index (χ1v) is 7.63. The number of aromatic nitrogens is 1. The molecule has 0 saturated carbocycles. The molecule has 110 valence electrons. The summed E-state index contributed by atoms with van der Waals surface area (Å²) in [6, 6.07) is 8.42. The molecule has 6 heteroatoms. The van der Waals surface area contributed by atoms with Crippen LogP contribution in [0.3, 0.4) is 0 Å². The lowest BCUT2D eigenvalue weighted by atomic mass is 10.0. The average molecular weight is 303 g/mol. The molecule has 0 aliphatic carbocycles. The molecule has 0 radical (unpaired) electrons. The van der Waals surface area contributed by atoms with Crippen molar-refractivity contribution in [3.63, 3.8) is 0 Å². The molecule has 2 aromatic rings. The van der Waals surface area contributed by atoms with Crippen molar-refractivity contribution >= 4 is 28.3 Å². The molecule has 1 aliphatic heterocycles. The van der Waals surface area contributed by atoms with Crippen LogP contribution in [0.25, 0.3) is 0 Å². The summed E-state index contributed by atoms with van der Waals surface area (Å²) in [6.45, 7) is 1.64. The molecule has 1 aromatic heterocycles. The van der Waals surface area contributed by atoms with E-state index in [1.165, 1.54) is 29.8 Å². The summed E-state index contributed by atoms with van der Waals surface area (Å²) in [5, 5.41) is 0.802. The smallest absolute Gasteiger partial charge is 0.344 e. The Morgan fingerprint density at radius 3 is 2.90 bits per heavy atom. The Balaban J connectivity index is 1.96. The number of nitrogen functional groups attached to an aromatic ring is 1. The van der Waals surface area contributed by atoms with E-state index in [1.54, 1.807) is 0 Å². The predicted octanol–water partition coefficient (Wildman–Crippen LogP) is 2.46. The van der Waals surface area contributed by atoms with Gasteiger partial charge in [-0.1, -0.05) is 24.3 Å². The third-order valence-electron chi connectivity index (χ3n) is 3.73. The fourth-order valence-corrected chi connectivity index (χ4v) is 3.50. The fourth-order valence-electron chi connectivity index (χ4n) is 2.68. The van der Waals surface area contributed by atoms with Crippen molar-refractivity contribution in [1.29, 1.82) is 0 Å². The van der Waals surface area contributed by atoms with Crippen molar-refractivity contribution in [3.8, 4) is 0 Å². The zero-order valence-electron chi connectivity index (χ0n) is 11.8. The summed E-state index contributed by atoms with van der Waals surface area (Å²) in [6.07, 6.45) is 2.09. The quantitative estimate of drug-likeness (QED) is 0.863. The van der Waals surface area contributed by atoms with Gasteiger partial charge < -0.3 is 15.4 Å². The van der Waals surface area contributed by atoms with Crippen molar-refractivity contribution in [2.45, 2.75) is 19.4 Å². The molecule has 0 atom stereocenters. The molecule has 3 rings (SSSR count). The van der Waals surface area contributed by atoms with Crippen LogP contribution in [0.4, 0.5) is 10.8 Å². The molecular weight excluding hydrogens is 286 g/mol. The van der Waals surface area contributed by atoms with Gasteiger partial charge >= 0.3 is 5.97 Å². The molecule has 0 amide bonds. The normalized spacial score (nSPS) is 14.4. The highest BCUT2D eigenvalue weighted by atomic mass is 32.1. The summed E-state index contributed by atoms with van der Waals surface area (Å²) < 4.78 is 8.95. The van der Waals surface area contributed by atoms with Gasteiger partial charge in [0.15, 0.2) is 5.82 Å². The average Bonchev–Trinajstić information content (AvgIpc) is 2.76. The molecule has 1 aliphatic rings. The maximum atomic E-state index is 11.9. The van der Waals surface area contributed by atoms with Crippen molar-refractivity contribution in [1.82, 2.24) is 4.37 Å². The lowest BCUT2D eigenvalue weighted by Crippen LogP contribution is -2.23. The first kappa shape index (κ1) is 13.9. The number of hydrogen-bond acceptors (Lipinski definition) is 6. The van der Waals surface area contributed by atoms with Crippen LogP contribution in [-0.4, -0.2) is 24.0 Å². The molecule has 21 heavy (non-hydrogen) atoms. The van der Waals surface area contributed by atoms with Gasteiger partial charge in [0.1, 0.15) is 10.6 Å². The molecular formula is C15H17N3O2S. The molecule has 2 heterocycles. The van der Waals surface area contributed by atoms with Gasteiger partial charge in [-0.3, -0.25) is 0 Å². The number of hydrogen-bond donors (Lipinski definition) is 1. The second-order valence-corrected chi connectivity index (χ2v) is 5.79. The molecule has 0 spiro atoms. The van der Waals surface area contributed by atoms with E-state index in [4.69, 9.17) is 10.5 Å². The molecule has 0 bridgehead atoms. The summed E-state index contributed by atoms with van der Waals surface area (Å²) in [4.78, 5) is 14.1. The number of aryl methyl sites for hydroxylation is 1. The van der Waals surface area contributed by atoms with Gasteiger partial charge in [0.2, 0.25) is 0 Å². The Labute approximate surface area is 127 Å². The van der Waals surface area contributed by atoms with Crippen LogP contribution in [0, 0.1) is 0 Å². The molecule has 0 unspecified atom stereocenters. The standard InChI is InChI=1S/C15H17N3O2S/c1-20-15(19)12-13(16)17-21-14(12)18-8-4-7-10-5-2-3-6-11(10)9-18/h2-3,5-6H,4,7-9H2,1H3,(H2,16,17). The van der Waals surface area contributed by atoms with Gasteiger partial charge in [0, 0.05) is 13.1 Å². The third kappa shape index (κ3) is 2.58. The number of ether oxygens (including phenoxy) is 1. The van der Waals surface area contributed by atoms with E-state index in [9.17, 15) is 4.79 Å². The van der Waals surface area contributed by atoms with Gasteiger partial charge in [-0.2, -0.15) is 4.37 Å². The van der Waals surface area contributed by atoms with E-state index < -0.39 is 5.97 Å². The Hall–Kier alpha value is -2.08. The number of nitrogens with zero attached hydrogens (tertiary/aromatic N) is 2. The number of carbonyl (C=O) groups excluding carboxylic acids is 1. The minimum Gasteiger partial charge on any atom is -0.465 e. The summed E-state index contributed by atoms with van der Waals surface area (Å²) >= 11 is 1.26. The van der Waals surface area contributed by atoms with Gasteiger partial charge in [-0.15, -0.1) is 0 Å².